The Kier molecular flexibility index (Phi) is 4.79. The van der Waals surface area contributed by atoms with Crippen molar-refractivity contribution >= 4 is 21.2 Å². The minimum Gasteiger partial charge on any atom is -0.394 e. The van der Waals surface area contributed by atoms with Gasteiger partial charge in [-0.1, -0.05) is 0 Å². The van der Waals surface area contributed by atoms with Gasteiger partial charge in [0, 0.05) is 12.1 Å². The second kappa shape index (κ2) is 5.85. The zero-order valence-electron chi connectivity index (χ0n) is 10.6. The van der Waals surface area contributed by atoms with Crippen molar-refractivity contribution in [3.8, 4) is 0 Å². The van der Waals surface area contributed by atoms with Gasteiger partial charge in [-0.3, -0.25) is 10.1 Å². The molecule has 0 aliphatic heterocycles. The third-order valence-electron chi connectivity index (χ3n) is 2.46. The number of hydrogen-bond donors (Lipinski definition) is 2. The fourth-order valence-electron chi connectivity index (χ4n) is 1.40. The highest BCUT2D eigenvalue weighted by molar-refractivity contribution is 7.92. The zero-order valence-corrected chi connectivity index (χ0v) is 11.4. The molecule has 7 nitrogen and oxygen atoms in total. The molecule has 0 saturated carbocycles. The molecule has 1 rings (SSSR count). The lowest BCUT2D eigenvalue weighted by Gasteiger charge is -2.14. The summed E-state index contributed by atoms with van der Waals surface area (Å²) in [6, 6.07) is 1.19. The van der Waals surface area contributed by atoms with Crippen LogP contribution in [0, 0.1) is 10.1 Å². The fraction of sp³-hybridized carbons (Fsp3) is 0.400. The smallest absolute Gasteiger partial charge is 0.394 e. The van der Waals surface area contributed by atoms with Crippen molar-refractivity contribution in [1.29, 1.82) is 0 Å². The van der Waals surface area contributed by atoms with Crippen LogP contribution in [0.2, 0.25) is 0 Å². The summed E-state index contributed by atoms with van der Waals surface area (Å²) in [4.78, 5) is 8.62. The van der Waals surface area contributed by atoms with Gasteiger partial charge in [0.1, 0.15) is 5.69 Å². The largest absolute Gasteiger partial charge is 0.501 e. The normalized spacial score (nSPS) is 13.8. The fourth-order valence-corrected chi connectivity index (χ4v) is 2.18. The van der Waals surface area contributed by atoms with Gasteiger partial charge in [-0.2, -0.15) is 13.2 Å². The SMILES string of the molecule is CC(CO)Nc1ccc(S(=O)(=O)C(F)(F)F)cc1[N+](=O)[O-]. The average molecular weight is 328 g/mol. The summed E-state index contributed by atoms with van der Waals surface area (Å²) in [7, 11) is -5.66. The van der Waals surface area contributed by atoms with Crippen LogP contribution in [0.5, 0.6) is 0 Å². The van der Waals surface area contributed by atoms with Gasteiger partial charge >= 0.3 is 5.51 Å². The number of hydrogen-bond acceptors (Lipinski definition) is 6. The molecule has 0 heterocycles. The third kappa shape index (κ3) is 3.61. The highest BCUT2D eigenvalue weighted by Crippen LogP contribution is 2.34. The van der Waals surface area contributed by atoms with Crippen molar-refractivity contribution in [3.05, 3.63) is 28.3 Å². The maximum Gasteiger partial charge on any atom is 0.501 e. The van der Waals surface area contributed by atoms with Crippen molar-refractivity contribution in [1.82, 2.24) is 0 Å². The molecular weight excluding hydrogens is 317 g/mol. The van der Waals surface area contributed by atoms with Crippen LogP contribution in [0.3, 0.4) is 0 Å². The summed E-state index contributed by atoms with van der Waals surface area (Å²) < 4.78 is 59.7. The zero-order chi connectivity index (χ0) is 16.4. The number of rotatable bonds is 5. The van der Waals surface area contributed by atoms with Gasteiger partial charge in [0.25, 0.3) is 15.5 Å². The molecule has 1 unspecified atom stereocenters. The van der Waals surface area contributed by atoms with E-state index in [1.165, 1.54) is 6.92 Å². The maximum absolute atomic E-state index is 12.4. The first-order valence-electron chi connectivity index (χ1n) is 5.48. The van der Waals surface area contributed by atoms with E-state index in [0.717, 1.165) is 6.07 Å². The van der Waals surface area contributed by atoms with Crippen LogP contribution in [-0.2, 0) is 9.84 Å². The van der Waals surface area contributed by atoms with Gasteiger partial charge in [0.05, 0.1) is 16.4 Å². The second-order valence-electron chi connectivity index (χ2n) is 4.11. The molecule has 21 heavy (non-hydrogen) atoms. The summed E-state index contributed by atoms with van der Waals surface area (Å²) in [5, 5.41) is 22.2. The molecule has 0 radical (unpaired) electrons. The molecule has 0 aromatic heterocycles. The van der Waals surface area contributed by atoms with Crippen LogP contribution < -0.4 is 5.32 Å². The summed E-state index contributed by atoms with van der Waals surface area (Å²) in [5.74, 6) is 0. The molecule has 0 aliphatic rings. The highest BCUT2D eigenvalue weighted by Gasteiger charge is 2.47. The monoisotopic (exact) mass is 328 g/mol. The van der Waals surface area contributed by atoms with E-state index >= 15 is 0 Å². The van der Waals surface area contributed by atoms with Crippen LogP contribution in [-0.4, -0.2) is 36.6 Å². The predicted octanol–water partition coefficient (Wildman–Crippen LogP) is 1.68. The lowest BCUT2D eigenvalue weighted by atomic mass is 10.2. The first-order chi connectivity index (χ1) is 9.50. The molecule has 0 fully saturated rings. The number of aliphatic hydroxyl groups excluding tert-OH is 1. The van der Waals surface area contributed by atoms with E-state index in [2.05, 4.69) is 5.32 Å². The van der Waals surface area contributed by atoms with Gasteiger partial charge in [0.15, 0.2) is 0 Å². The number of anilines is 1. The van der Waals surface area contributed by atoms with E-state index in [0.29, 0.717) is 12.1 Å². The molecule has 1 atom stereocenters. The van der Waals surface area contributed by atoms with Crippen LogP contribution >= 0.6 is 0 Å². The molecule has 11 heteroatoms. The summed E-state index contributed by atoms with van der Waals surface area (Å²) in [6.07, 6.45) is 0. The Morgan fingerprint density at radius 2 is 2.00 bits per heavy atom. The minimum atomic E-state index is -5.66. The third-order valence-corrected chi connectivity index (χ3v) is 3.94. The molecule has 1 aromatic carbocycles. The summed E-state index contributed by atoms with van der Waals surface area (Å²) >= 11 is 0. The molecule has 0 saturated heterocycles. The van der Waals surface area contributed by atoms with E-state index in [4.69, 9.17) is 5.11 Å². The summed E-state index contributed by atoms with van der Waals surface area (Å²) in [5.41, 5.74) is -6.57. The second-order valence-corrected chi connectivity index (χ2v) is 6.05. The molecular formula is C10H11F3N2O5S. The number of nitrogens with one attached hydrogen (secondary N) is 1. The Balaban J connectivity index is 3.37. The van der Waals surface area contributed by atoms with E-state index in [1.807, 2.05) is 0 Å². The van der Waals surface area contributed by atoms with Crippen molar-refractivity contribution in [3.63, 3.8) is 0 Å². The number of halogens is 3. The minimum absolute atomic E-state index is 0.192. The number of alkyl halides is 3. The predicted molar refractivity (Wildman–Crippen MR) is 66.5 cm³/mol. The standard InChI is InChI=1S/C10H11F3N2O5S/c1-6(5-16)14-8-3-2-7(4-9(8)15(17)18)21(19,20)10(11,12)13/h2-4,6,14,16H,5H2,1H3. The highest BCUT2D eigenvalue weighted by atomic mass is 32.2. The topological polar surface area (TPSA) is 110 Å². The number of nitrogens with zero attached hydrogens (tertiary/aromatic N) is 1. The van der Waals surface area contributed by atoms with Gasteiger partial charge in [-0.05, 0) is 19.1 Å². The molecule has 2 N–H and O–H groups in total. The van der Waals surface area contributed by atoms with Gasteiger partial charge < -0.3 is 10.4 Å². The van der Waals surface area contributed by atoms with E-state index < -0.39 is 36.9 Å². The van der Waals surface area contributed by atoms with Crippen LogP contribution in [0.25, 0.3) is 0 Å². The molecule has 118 valence electrons. The quantitative estimate of drug-likeness (QED) is 0.628. The molecule has 0 spiro atoms. The van der Waals surface area contributed by atoms with Crippen LogP contribution in [0.4, 0.5) is 24.5 Å². The first kappa shape index (κ1) is 17.2. The number of aliphatic hydroxyl groups is 1. The number of benzene rings is 1. The van der Waals surface area contributed by atoms with Gasteiger partial charge in [0.2, 0.25) is 0 Å². The number of sulfone groups is 1. The Hall–Kier alpha value is -1.88. The lowest BCUT2D eigenvalue weighted by Crippen LogP contribution is -2.24. The average Bonchev–Trinajstić information content (AvgIpc) is 2.37. The van der Waals surface area contributed by atoms with Gasteiger partial charge in [-0.15, -0.1) is 0 Å². The van der Waals surface area contributed by atoms with Crippen molar-refractivity contribution in [2.45, 2.75) is 23.4 Å². The van der Waals surface area contributed by atoms with E-state index in [9.17, 15) is 31.7 Å². The lowest BCUT2D eigenvalue weighted by molar-refractivity contribution is -0.384. The summed E-state index contributed by atoms with van der Waals surface area (Å²) in [6.45, 7) is 1.10. The molecule has 1 aromatic rings. The Labute approximate surface area is 117 Å². The Morgan fingerprint density at radius 1 is 1.43 bits per heavy atom. The number of nitro groups is 1. The van der Waals surface area contributed by atoms with Crippen LogP contribution in [0.1, 0.15) is 6.92 Å². The number of nitro benzene ring substituents is 1. The van der Waals surface area contributed by atoms with E-state index in [-0.39, 0.29) is 12.3 Å². The van der Waals surface area contributed by atoms with Gasteiger partial charge in [-0.25, -0.2) is 8.42 Å². The Morgan fingerprint density at radius 3 is 2.43 bits per heavy atom. The first-order valence-corrected chi connectivity index (χ1v) is 6.96. The maximum atomic E-state index is 12.4. The molecule has 0 aliphatic carbocycles. The molecule has 0 amide bonds. The van der Waals surface area contributed by atoms with Crippen molar-refractivity contribution < 1.29 is 31.6 Å². The van der Waals surface area contributed by atoms with E-state index in [1.54, 1.807) is 0 Å². The van der Waals surface area contributed by atoms with Crippen molar-refractivity contribution in [2.75, 3.05) is 11.9 Å². The Bertz CT molecular complexity index is 645. The molecule has 0 bridgehead atoms. The van der Waals surface area contributed by atoms with Crippen LogP contribution in [0.15, 0.2) is 23.1 Å². The van der Waals surface area contributed by atoms with Crippen molar-refractivity contribution in [2.24, 2.45) is 0 Å².